The second-order valence-corrected chi connectivity index (χ2v) is 14.5. The number of fused-ring (bicyclic) bond motifs is 6. The Labute approximate surface area is 232 Å². The van der Waals surface area contributed by atoms with Crippen molar-refractivity contribution in [3.63, 3.8) is 0 Å². The molecule has 0 aromatic carbocycles. The molecule has 216 valence electrons. The number of epoxide rings is 2. The molecule has 3 heterocycles. The highest BCUT2D eigenvalue weighted by molar-refractivity contribution is 5.90. The van der Waals surface area contributed by atoms with E-state index in [9.17, 15) is 14.7 Å². The smallest absolute Gasteiger partial charge is 0.333 e. The summed E-state index contributed by atoms with van der Waals surface area (Å²) in [5, 5.41) is 11.6. The van der Waals surface area contributed by atoms with Gasteiger partial charge in [0.05, 0.1) is 23.7 Å². The maximum Gasteiger partial charge on any atom is 0.333 e. The van der Waals surface area contributed by atoms with Crippen LogP contribution in [-0.4, -0.2) is 65.2 Å². The summed E-state index contributed by atoms with van der Waals surface area (Å²) in [4.78, 5) is 26.6. The van der Waals surface area contributed by atoms with Crippen molar-refractivity contribution in [1.29, 1.82) is 0 Å². The van der Waals surface area contributed by atoms with Gasteiger partial charge in [0.2, 0.25) is 0 Å². The molecule has 0 amide bonds. The summed E-state index contributed by atoms with van der Waals surface area (Å²) in [5.41, 5.74) is 0.0520. The van der Waals surface area contributed by atoms with Crippen LogP contribution in [0.1, 0.15) is 92.9 Å². The van der Waals surface area contributed by atoms with Crippen LogP contribution in [0.5, 0.6) is 0 Å². The molecule has 0 bridgehead atoms. The van der Waals surface area contributed by atoms with E-state index in [1.165, 1.54) is 0 Å². The summed E-state index contributed by atoms with van der Waals surface area (Å²) >= 11 is 0. The molecule has 7 nitrogen and oxygen atoms in total. The SMILES string of the molecule is CCCCOC1CC(=O)C2(C)C3CCC4(C)C(CC5OC54C(C)C4CC(C)=C(C)C(=O)O4)C3CC3OC32C1O. The quantitative estimate of drug-likeness (QED) is 0.299. The molecule has 13 unspecified atom stereocenters. The van der Waals surface area contributed by atoms with Crippen LogP contribution >= 0.6 is 0 Å². The van der Waals surface area contributed by atoms with Gasteiger partial charge < -0.3 is 24.1 Å². The van der Waals surface area contributed by atoms with Crippen molar-refractivity contribution in [2.24, 2.45) is 34.5 Å². The van der Waals surface area contributed by atoms with E-state index in [4.69, 9.17) is 18.9 Å². The number of unbranched alkanes of at least 4 members (excludes halogenated alkanes) is 1. The van der Waals surface area contributed by atoms with Gasteiger partial charge in [0.25, 0.3) is 0 Å². The molecule has 13 atom stereocenters. The Bertz CT molecular complexity index is 1130. The summed E-state index contributed by atoms with van der Waals surface area (Å²) in [6.45, 7) is 13.3. The number of hydrogen-bond acceptors (Lipinski definition) is 7. The third kappa shape index (κ3) is 3.09. The molecule has 0 aromatic heterocycles. The molecule has 0 aromatic rings. The Balaban J connectivity index is 1.15. The number of cyclic esters (lactones) is 1. The van der Waals surface area contributed by atoms with Crippen molar-refractivity contribution >= 4 is 11.8 Å². The highest BCUT2D eigenvalue weighted by Gasteiger charge is 2.85. The average molecular weight is 543 g/mol. The molecule has 7 heteroatoms. The van der Waals surface area contributed by atoms with Crippen LogP contribution in [0, 0.1) is 34.5 Å². The fraction of sp³-hybridized carbons (Fsp3) is 0.875. The van der Waals surface area contributed by atoms with Gasteiger partial charge in [-0.2, -0.15) is 0 Å². The predicted molar refractivity (Wildman–Crippen MR) is 143 cm³/mol. The van der Waals surface area contributed by atoms with Gasteiger partial charge in [-0.05, 0) is 70.6 Å². The standard InChI is InChI=1S/C32H46O7/c1-7-8-11-36-23-15-24(33)30(6)20-9-10-29(5)21(19(20)13-25-32(30,39-25)27(23)34)14-26-31(29,38-26)18(4)22-12-16(2)17(3)28(35)37-22/h18-23,25-27,34H,7-15H2,1-6H3. The molecule has 39 heavy (non-hydrogen) atoms. The van der Waals surface area contributed by atoms with Crippen molar-refractivity contribution in [3.05, 3.63) is 11.1 Å². The van der Waals surface area contributed by atoms with E-state index >= 15 is 0 Å². The zero-order valence-electron chi connectivity index (χ0n) is 24.5. The maximum absolute atomic E-state index is 14.0. The normalized spacial score (nSPS) is 54.1. The Morgan fingerprint density at radius 1 is 1.08 bits per heavy atom. The zero-order chi connectivity index (χ0) is 27.7. The van der Waals surface area contributed by atoms with Crippen LogP contribution in [0.2, 0.25) is 0 Å². The fourth-order valence-electron chi connectivity index (χ4n) is 10.8. The highest BCUT2D eigenvalue weighted by Crippen LogP contribution is 2.78. The second kappa shape index (κ2) is 8.39. The molecule has 1 spiro atoms. The van der Waals surface area contributed by atoms with Crippen LogP contribution < -0.4 is 0 Å². The molecular weight excluding hydrogens is 496 g/mol. The van der Waals surface area contributed by atoms with Gasteiger partial charge in [-0.15, -0.1) is 0 Å². The van der Waals surface area contributed by atoms with Crippen LogP contribution in [-0.2, 0) is 28.5 Å². The number of aliphatic hydroxyl groups is 1. The number of carbonyl (C=O) groups excluding carboxylic acids is 2. The number of aliphatic hydroxyl groups excluding tert-OH is 1. The summed E-state index contributed by atoms with van der Waals surface area (Å²) < 4.78 is 25.1. The van der Waals surface area contributed by atoms with Crippen molar-refractivity contribution < 1.29 is 33.6 Å². The largest absolute Gasteiger partial charge is 0.458 e. The van der Waals surface area contributed by atoms with Gasteiger partial charge in [0.1, 0.15) is 29.2 Å². The van der Waals surface area contributed by atoms with Crippen LogP contribution in [0.3, 0.4) is 0 Å². The maximum atomic E-state index is 14.0. The molecule has 6 fully saturated rings. The van der Waals surface area contributed by atoms with Gasteiger partial charge in [0.15, 0.2) is 0 Å². The lowest BCUT2D eigenvalue weighted by Crippen LogP contribution is -2.68. The van der Waals surface area contributed by atoms with Gasteiger partial charge in [-0.1, -0.05) is 32.8 Å². The molecule has 2 saturated heterocycles. The van der Waals surface area contributed by atoms with E-state index in [1.807, 2.05) is 13.8 Å². The van der Waals surface area contributed by atoms with Gasteiger partial charge in [0, 0.05) is 36.4 Å². The minimum absolute atomic E-state index is 0.0395. The minimum Gasteiger partial charge on any atom is -0.458 e. The lowest BCUT2D eigenvalue weighted by atomic mass is 9.43. The number of esters is 1. The van der Waals surface area contributed by atoms with Crippen LogP contribution in [0.25, 0.3) is 0 Å². The zero-order valence-corrected chi connectivity index (χ0v) is 24.5. The third-order valence-corrected chi connectivity index (χ3v) is 13.3. The fourth-order valence-corrected chi connectivity index (χ4v) is 10.8. The number of carbonyl (C=O) groups is 2. The summed E-state index contributed by atoms with van der Waals surface area (Å²) in [6, 6.07) is 0. The molecule has 7 aliphatic rings. The lowest BCUT2D eigenvalue weighted by molar-refractivity contribution is -0.190. The highest BCUT2D eigenvalue weighted by atomic mass is 16.6. The van der Waals surface area contributed by atoms with E-state index in [2.05, 4.69) is 27.7 Å². The number of Topliss-reactive ketones (excluding diaryl/α,β-unsaturated/α-hetero) is 1. The molecular formula is C32H46O7. The van der Waals surface area contributed by atoms with E-state index < -0.39 is 23.2 Å². The third-order valence-electron chi connectivity index (χ3n) is 13.3. The predicted octanol–water partition coefficient (Wildman–Crippen LogP) is 4.53. The van der Waals surface area contributed by atoms with Crippen molar-refractivity contribution in [2.75, 3.05) is 6.61 Å². The first-order valence-electron chi connectivity index (χ1n) is 15.5. The van der Waals surface area contributed by atoms with Gasteiger partial charge in [-0.3, -0.25) is 4.79 Å². The number of ether oxygens (including phenoxy) is 4. The Hall–Kier alpha value is -1.28. The van der Waals surface area contributed by atoms with E-state index in [1.54, 1.807) is 0 Å². The average Bonchev–Trinajstić information content (AvgIpc) is 3.80. The summed E-state index contributed by atoms with van der Waals surface area (Å²) in [7, 11) is 0. The minimum atomic E-state index is -0.796. The first kappa shape index (κ1) is 26.6. The number of rotatable bonds is 6. The van der Waals surface area contributed by atoms with Crippen molar-refractivity contribution in [1.82, 2.24) is 0 Å². The Morgan fingerprint density at radius 2 is 1.85 bits per heavy atom. The van der Waals surface area contributed by atoms with E-state index in [0.29, 0.717) is 18.4 Å². The van der Waals surface area contributed by atoms with Gasteiger partial charge >= 0.3 is 5.97 Å². The van der Waals surface area contributed by atoms with Crippen molar-refractivity contribution in [3.8, 4) is 0 Å². The topological polar surface area (TPSA) is 97.9 Å². The number of ketones is 1. The summed E-state index contributed by atoms with van der Waals surface area (Å²) in [6.07, 6.45) is 5.47. The Kier molecular flexibility index (Phi) is 5.73. The van der Waals surface area contributed by atoms with Crippen LogP contribution in [0.15, 0.2) is 11.1 Å². The lowest BCUT2D eigenvalue weighted by Gasteiger charge is -2.60. The monoisotopic (exact) mass is 542 g/mol. The molecule has 4 aliphatic carbocycles. The van der Waals surface area contributed by atoms with E-state index in [-0.39, 0.29) is 59.3 Å². The van der Waals surface area contributed by atoms with Gasteiger partial charge in [-0.25, -0.2) is 4.79 Å². The van der Waals surface area contributed by atoms with E-state index in [0.717, 1.165) is 56.1 Å². The van der Waals surface area contributed by atoms with Crippen molar-refractivity contribution in [2.45, 2.75) is 135 Å². The first-order valence-corrected chi connectivity index (χ1v) is 15.5. The molecule has 1 N–H and O–H groups in total. The molecule has 0 radical (unpaired) electrons. The molecule has 3 aliphatic heterocycles. The second-order valence-electron chi connectivity index (χ2n) is 14.5. The first-order chi connectivity index (χ1) is 18.5. The molecule has 4 saturated carbocycles. The molecule has 7 rings (SSSR count). The summed E-state index contributed by atoms with van der Waals surface area (Å²) in [5.74, 6) is 1.11. The van der Waals surface area contributed by atoms with Crippen LogP contribution in [0.4, 0.5) is 0 Å². The Morgan fingerprint density at radius 3 is 2.56 bits per heavy atom. The number of hydrogen-bond donors (Lipinski definition) is 1.